The monoisotopic (exact) mass is 319 g/mol. The molecule has 0 bridgehead atoms. The van der Waals surface area contributed by atoms with Crippen LogP contribution in [-0.2, 0) is 0 Å². The number of anilines is 1. The summed E-state index contributed by atoms with van der Waals surface area (Å²) < 4.78 is 27.8. The molecule has 0 unspecified atom stereocenters. The van der Waals surface area contributed by atoms with Gasteiger partial charge in [0.2, 0.25) is 0 Å². The van der Waals surface area contributed by atoms with Crippen LogP contribution >= 0.6 is 0 Å². The van der Waals surface area contributed by atoms with Crippen LogP contribution < -0.4 is 4.90 Å². The molecule has 0 saturated heterocycles. The number of benzene rings is 2. The molecule has 0 fully saturated rings. The summed E-state index contributed by atoms with van der Waals surface area (Å²) >= 11 is 0. The first-order valence-electron chi connectivity index (χ1n) is 7.60. The fourth-order valence-electron chi connectivity index (χ4n) is 2.38. The molecule has 2 aromatic rings. The van der Waals surface area contributed by atoms with Gasteiger partial charge in [0.25, 0.3) is 5.91 Å². The highest BCUT2D eigenvalue weighted by Crippen LogP contribution is 2.29. The van der Waals surface area contributed by atoms with Crippen LogP contribution in [0.15, 0.2) is 42.5 Å². The third kappa shape index (κ3) is 3.86. The number of phenolic OH excluding ortho intramolecular Hbond substituents is 1. The van der Waals surface area contributed by atoms with Gasteiger partial charge in [-0.05, 0) is 30.7 Å². The molecule has 0 atom stereocenters. The third-order valence-corrected chi connectivity index (χ3v) is 3.58. The van der Waals surface area contributed by atoms with E-state index in [1.807, 2.05) is 6.92 Å². The minimum Gasteiger partial charge on any atom is -0.506 e. The van der Waals surface area contributed by atoms with Gasteiger partial charge in [0.05, 0.1) is 5.69 Å². The van der Waals surface area contributed by atoms with Crippen molar-refractivity contribution in [3.05, 3.63) is 59.7 Å². The standard InChI is InChI=1S/C18H19F2NO2/c1-2-3-6-12-21(15-10-4-5-11-16(15)22)18(23)17-13(19)8-7-9-14(17)20/h4-5,7-11,22H,2-3,6,12H2,1H3. The van der Waals surface area contributed by atoms with E-state index in [-0.39, 0.29) is 18.0 Å². The molecule has 5 heteroatoms. The van der Waals surface area contributed by atoms with Crippen molar-refractivity contribution in [2.24, 2.45) is 0 Å². The maximum absolute atomic E-state index is 13.9. The molecule has 0 aliphatic rings. The van der Waals surface area contributed by atoms with E-state index in [1.54, 1.807) is 18.2 Å². The van der Waals surface area contributed by atoms with E-state index in [0.29, 0.717) is 6.42 Å². The lowest BCUT2D eigenvalue weighted by Crippen LogP contribution is -2.33. The number of para-hydroxylation sites is 2. The molecule has 0 aliphatic carbocycles. The zero-order chi connectivity index (χ0) is 16.8. The number of hydrogen-bond donors (Lipinski definition) is 1. The van der Waals surface area contributed by atoms with Crippen LogP contribution in [-0.4, -0.2) is 17.6 Å². The van der Waals surface area contributed by atoms with Gasteiger partial charge in [-0.3, -0.25) is 4.79 Å². The van der Waals surface area contributed by atoms with Crippen LogP contribution in [0.2, 0.25) is 0 Å². The van der Waals surface area contributed by atoms with E-state index >= 15 is 0 Å². The number of carbonyl (C=O) groups is 1. The van der Waals surface area contributed by atoms with Crippen molar-refractivity contribution in [1.82, 2.24) is 0 Å². The SMILES string of the molecule is CCCCCN(C(=O)c1c(F)cccc1F)c1ccccc1O. The van der Waals surface area contributed by atoms with Crippen molar-refractivity contribution in [2.45, 2.75) is 26.2 Å². The maximum Gasteiger partial charge on any atom is 0.264 e. The summed E-state index contributed by atoms with van der Waals surface area (Å²) in [5.41, 5.74) is -0.358. The van der Waals surface area contributed by atoms with E-state index in [4.69, 9.17) is 0 Å². The van der Waals surface area contributed by atoms with Crippen molar-refractivity contribution < 1.29 is 18.7 Å². The van der Waals surface area contributed by atoms with E-state index in [0.717, 1.165) is 25.0 Å². The van der Waals surface area contributed by atoms with Crippen molar-refractivity contribution >= 4 is 11.6 Å². The Hall–Kier alpha value is -2.43. The average molecular weight is 319 g/mol. The summed E-state index contributed by atoms with van der Waals surface area (Å²) in [6, 6.07) is 9.58. The van der Waals surface area contributed by atoms with E-state index < -0.39 is 23.1 Å². The predicted octanol–water partition coefficient (Wildman–Crippen LogP) is 4.51. The molecular weight excluding hydrogens is 300 g/mol. The first kappa shape index (κ1) is 16.9. The first-order valence-corrected chi connectivity index (χ1v) is 7.60. The van der Waals surface area contributed by atoms with E-state index in [2.05, 4.69) is 0 Å². The zero-order valence-electron chi connectivity index (χ0n) is 12.9. The summed E-state index contributed by atoms with van der Waals surface area (Å²) in [7, 11) is 0. The summed E-state index contributed by atoms with van der Waals surface area (Å²) in [6.45, 7) is 2.29. The number of aromatic hydroxyl groups is 1. The van der Waals surface area contributed by atoms with Gasteiger partial charge in [0.1, 0.15) is 22.9 Å². The highest BCUT2D eigenvalue weighted by atomic mass is 19.1. The molecule has 23 heavy (non-hydrogen) atoms. The number of amides is 1. The molecule has 2 aromatic carbocycles. The van der Waals surface area contributed by atoms with Gasteiger partial charge in [-0.2, -0.15) is 0 Å². The van der Waals surface area contributed by atoms with Crippen LogP contribution in [0, 0.1) is 11.6 Å². The summed E-state index contributed by atoms with van der Waals surface area (Å²) in [5.74, 6) is -2.72. The molecule has 3 nitrogen and oxygen atoms in total. The Labute approximate surface area is 134 Å². The number of hydrogen-bond acceptors (Lipinski definition) is 2. The molecule has 0 radical (unpaired) electrons. The third-order valence-electron chi connectivity index (χ3n) is 3.58. The lowest BCUT2D eigenvalue weighted by atomic mass is 10.1. The number of phenols is 1. The summed E-state index contributed by atoms with van der Waals surface area (Å²) in [5, 5.41) is 9.99. The van der Waals surface area contributed by atoms with Gasteiger partial charge in [-0.15, -0.1) is 0 Å². The lowest BCUT2D eigenvalue weighted by molar-refractivity contribution is 0.0977. The Morgan fingerprint density at radius 3 is 2.30 bits per heavy atom. The van der Waals surface area contributed by atoms with Crippen LogP contribution in [0.4, 0.5) is 14.5 Å². The first-order chi connectivity index (χ1) is 11.1. The number of carbonyl (C=O) groups excluding carboxylic acids is 1. The van der Waals surface area contributed by atoms with Gasteiger partial charge in [-0.1, -0.05) is 38.0 Å². The van der Waals surface area contributed by atoms with Crippen LogP contribution in [0.1, 0.15) is 36.5 Å². The molecule has 1 N–H and O–H groups in total. The Morgan fingerprint density at radius 1 is 1.04 bits per heavy atom. The Morgan fingerprint density at radius 2 is 1.70 bits per heavy atom. The Balaban J connectivity index is 2.41. The largest absolute Gasteiger partial charge is 0.506 e. The van der Waals surface area contributed by atoms with Gasteiger partial charge >= 0.3 is 0 Å². The zero-order valence-corrected chi connectivity index (χ0v) is 12.9. The smallest absolute Gasteiger partial charge is 0.264 e. The normalized spacial score (nSPS) is 10.6. The van der Waals surface area contributed by atoms with E-state index in [9.17, 15) is 18.7 Å². The predicted molar refractivity (Wildman–Crippen MR) is 85.7 cm³/mol. The van der Waals surface area contributed by atoms with Crippen molar-refractivity contribution in [3.63, 3.8) is 0 Å². The summed E-state index contributed by atoms with van der Waals surface area (Å²) in [6.07, 6.45) is 2.49. The fourth-order valence-corrected chi connectivity index (χ4v) is 2.38. The maximum atomic E-state index is 13.9. The van der Waals surface area contributed by atoms with Crippen molar-refractivity contribution in [2.75, 3.05) is 11.4 Å². The Kier molecular flexibility index (Phi) is 5.68. The number of halogens is 2. The van der Waals surface area contributed by atoms with Gasteiger partial charge in [0.15, 0.2) is 0 Å². The van der Waals surface area contributed by atoms with E-state index in [1.165, 1.54) is 17.0 Å². The molecule has 1 amide bonds. The lowest BCUT2D eigenvalue weighted by Gasteiger charge is -2.24. The second-order valence-corrected chi connectivity index (χ2v) is 5.25. The van der Waals surface area contributed by atoms with Gasteiger partial charge < -0.3 is 10.0 Å². The van der Waals surface area contributed by atoms with Crippen LogP contribution in [0.3, 0.4) is 0 Å². The molecular formula is C18H19F2NO2. The second kappa shape index (κ2) is 7.72. The Bertz CT molecular complexity index is 668. The number of nitrogens with zero attached hydrogens (tertiary/aromatic N) is 1. The van der Waals surface area contributed by atoms with Gasteiger partial charge in [0, 0.05) is 6.54 Å². The molecule has 2 rings (SSSR count). The molecule has 0 saturated carbocycles. The highest BCUT2D eigenvalue weighted by molar-refractivity contribution is 6.07. The van der Waals surface area contributed by atoms with Crippen LogP contribution in [0.25, 0.3) is 0 Å². The minimum absolute atomic E-state index is 0.103. The molecule has 0 aliphatic heterocycles. The topological polar surface area (TPSA) is 40.5 Å². The van der Waals surface area contributed by atoms with Gasteiger partial charge in [-0.25, -0.2) is 8.78 Å². The average Bonchev–Trinajstić information content (AvgIpc) is 2.52. The molecule has 122 valence electrons. The minimum atomic E-state index is -0.911. The highest BCUT2D eigenvalue weighted by Gasteiger charge is 2.25. The summed E-state index contributed by atoms with van der Waals surface area (Å²) in [4.78, 5) is 13.9. The number of rotatable bonds is 6. The fraction of sp³-hybridized carbons (Fsp3) is 0.278. The molecule has 0 heterocycles. The molecule has 0 spiro atoms. The second-order valence-electron chi connectivity index (χ2n) is 5.25. The number of unbranched alkanes of at least 4 members (excludes halogenated alkanes) is 2. The molecule has 0 aromatic heterocycles. The van der Waals surface area contributed by atoms with Crippen molar-refractivity contribution in [3.8, 4) is 5.75 Å². The van der Waals surface area contributed by atoms with Crippen LogP contribution in [0.5, 0.6) is 5.75 Å². The van der Waals surface area contributed by atoms with Crippen molar-refractivity contribution in [1.29, 1.82) is 0 Å². The quantitative estimate of drug-likeness (QED) is 0.796.